The maximum absolute atomic E-state index is 13.6. The highest BCUT2D eigenvalue weighted by molar-refractivity contribution is 6.30. The van der Waals surface area contributed by atoms with Gasteiger partial charge in [0.25, 0.3) is 0 Å². The number of anilines is 1. The van der Waals surface area contributed by atoms with Crippen molar-refractivity contribution in [3.05, 3.63) is 64.7 Å². The van der Waals surface area contributed by atoms with Crippen molar-refractivity contribution in [3.63, 3.8) is 0 Å². The lowest BCUT2D eigenvalue weighted by Crippen LogP contribution is -2.12. The number of benzene rings is 2. The quantitative estimate of drug-likeness (QED) is 0.814. The van der Waals surface area contributed by atoms with Gasteiger partial charge in [0.1, 0.15) is 17.3 Å². The Morgan fingerprint density at radius 3 is 2.32 bits per heavy atom. The van der Waals surface area contributed by atoms with E-state index in [4.69, 9.17) is 11.6 Å². The van der Waals surface area contributed by atoms with Crippen molar-refractivity contribution in [2.75, 3.05) is 5.32 Å². The maximum atomic E-state index is 13.6. The smallest absolute Gasteiger partial charge is 0.149 e. The molecule has 100 valence electrons. The van der Waals surface area contributed by atoms with E-state index in [1.165, 1.54) is 18.2 Å². The van der Waals surface area contributed by atoms with E-state index in [0.29, 0.717) is 11.4 Å². The van der Waals surface area contributed by atoms with Crippen LogP contribution in [-0.2, 0) is 0 Å². The average molecular weight is 282 g/mol. The second-order valence-electron chi connectivity index (χ2n) is 4.26. The van der Waals surface area contributed by atoms with Gasteiger partial charge in [0, 0.05) is 5.02 Å². The maximum Gasteiger partial charge on any atom is 0.149 e. The Hall–Kier alpha value is -1.61. The summed E-state index contributed by atoms with van der Waals surface area (Å²) in [6.07, 6.45) is 0.689. The fraction of sp³-hybridized carbons (Fsp3) is 0.200. The number of para-hydroxylation sites is 1. The first-order valence-corrected chi connectivity index (χ1v) is 6.45. The van der Waals surface area contributed by atoms with Crippen LogP contribution in [-0.4, -0.2) is 0 Å². The van der Waals surface area contributed by atoms with Crippen molar-refractivity contribution >= 4 is 17.3 Å². The van der Waals surface area contributed by atoms with Crippen LogP contribution in [0.2, 0.25) is 5.02 Å². The first kappa shape index (κ1) is 13.8. The molecule has 2 rings (SSSR count). The van der Waals surface area contributed by atoms with Crippen molar-refractivity contribution in [3.8, 4) is 0 Å². The fourth-order valence-electron chi connectivity index (χ4n) is 1.95. The Balaban J connectivity index is 2.29. The molecular formula is C15H14ClF2N. The third-order valence-electron chi connectivity index (χ3n) is 2.94. The molecule has 0 radical (unpaired) electrons. The van der Waals surface area contributed by atoms with Crippen molar-refractivity contribution in [2.45, 2.75) is 19.4 Å². The lowest BCUT2D eigenvalue weighted by atomic mass is 10.0. The van der Waals surface area contributed by atoms with Crippen LogP contribution in [0.5, 0.6) is 0 Å². The fourth-order valence-corrected chi connectivity index (χ4v) is 2.15. The van der Waals surface area contributed by atoms with Crippen LogP contribution in [0.15, 0.2) is 42.5 Å². The number of hydrogen-bond donors (Lipinski definition) is 1. The van der Waals surface area contributed by atoms with Crippen molar-refractivity contribution < 1.29 is 8.78 Å². The molecule has 1 atom stereocenters. The Labute approximate surface area is 116 Å². The number of rotatable bonds is 4. The van der Waals surface area contributed by atoms with Crippen molar-refractivity contribution in [1.82, 2.24) is 0 Å². The molecule has 0 bridgehead atoms. The van der Waals surface area contributed by atoms with E-state index in [0.717, 1.165) is 5.56 Å². The normalized spacial score (nSPS) is 12.2. The third-order valence-corrected chi connectivity index (χ3v) is 3.18. The van der Waals surface area contributed by atoms with Crippen molar-refractivity contribution in [2.24, 2.45) is 0 Å². The molecule has 0 spiro atoms. The molecule has 0 aliphatic heterocycles. The SMILES string of the molecule is CCC(Nc1c(F)cccc1F)c1cccc(Cl)c1. The standard InChI is InChI=1S/C15H14ClF2N/c1-2-14(10-5-3-6-11(16)9-10)19-15-12(17)7-4-8-13(15)18/h3-9,14,19H,2H2,1H3. The lowest BCUT2D eigenvalue weighted by Gasteiger charge is -2.19. The largest absolute Gasteiger partial charge is 0.374 e. The van der Waals surface area contributed by atoms with Crippen molar-refractivity contribution in [1.29, 1.82) is 0 Å². The van der Waals surface area contributed by atoms with Gasteiger partial charge in [-0.3, -0.25) is 0 Å². The highest BCUT2D eigenvalue weighted by Gasteiger charge is 2.14. The van der Waals surface area contributed by atoms with E-state index in [2.05, 4.69) is 5.32 Å². The van der Waals surface area contributed by atoms with E-state index < -0.39 is 11.6 Å². The summed E-state index contributed by atoms with van der Waals surface area (Å²) in [5.74, 6) is -1.19. The highest BCUT2D eigenvalue weighted by Crippen LogP contribution is 2.27. The first-order valence-electron chi connectivity index (χ1n) is 6.08. The molecule has 0 saturated heterocycles. The highest BCUT2D eigenvalue weighted by atomic mass is 35.5. The van der Waals surface area contributed by atoms with E-state index in [-0.39, 0.29) is 11.7 Å². The molecule has 19 heavy (non-hydrogen) atoms. The van der Waals surface area contributed by atoms with Crippen LogP contribution in [0.1, 0.15) is 24.9 Å². The zero-order chi connectivity index (χ0) is 13.8. The Morgan fingerprint density at radius 2 is 1.74 bits per heavy atom. The molecule has 0 fully saturated rings. The zero-order valence-electron chi connectivity index (χ0n) is 10.5. The van der Waals surface area contributed by atoms with Gasteiger partial charge < -0.3 is 5.32 Å². The summed E-state index contributed by atoms with van der Waals surface area (Å²) in [6.45, 7) is 1.94. The second kappa shape index (κ2) is 6.02. The van der Waals surface area contributed by atoms with Crippen LogP contribution >= 0.6 is 11.6 Å². The van der Waals surface area contributed by atoms with E-state index in [1.54, 1.807) is 12.1 Å². The minimum absolute atomic E-state index is 0.102. The molecule has 0 amide bonds. The summed E-state index contributed by atoms with van der Waals surface area (Å²) in [4.78, 5) is 0. The Bertz CT molecular complexity index is 552. The second-order valence-corrected chi connectivity index (χ2v) is 4.69. The predicted octanol–water partition coefficient (Wildman–Crippen LogP) is 5.18. The van der Waals surface area contributed by atoms with Gasteiger partial charge in [-0.15, -0.1) is 0 Å². The summed E-state index contributed by atoms with van der Waals surface area (Å²) in [7, 11) is 0. The van der Waals surface area contributed by atoms with Crippen LogP contribution in [0.3, 0.4) is 0 Å². The van der Waals surface area contributed by atoms with Gasteiger partial charge in [0.05, 0.1) is 6.04 Å². The van der Waals surface area contributed by atoms with E-state index in [1.807, 2.05) is 19.1 Å². The Kier molecular flexibility index (Phi) is 4.38. The molecule has 1 nitrogen and oxygen atoms in total. The minimum Gasteiger partial charge on any atom is -0.374 e. The van der Waals surface area contributed by atoms with E-state index >= 15 is 0 Å². The van der Waals surface area contributed by atoms with Crippen LogP contribution < -0.4 is 5.32 Å². The van der Waals surface area contributed by atoms with Gasteiger partial charge in [-0.1, -0.05) is 36.7 Å². The summed E-state index contributed by atoms with van der Waals surface area (Å²) in [6, 6.07) is 10.9. The summed E-state index contributed by atoms with van der Waals surface area (Å²) >= 11 is 5.94. The monoisotopic (exact) mass is 281 g/mol. The number of nitrogens with one attached hydrogen (secondary N) is 1. The van der Waals surface area contributed by atoms with Gasteiger partial charge in [-0.2, -0.15) is 0 Å². The predicted molar refractivity (Wildman–Crippen MR) is 74.5 cm³/mol. The molecular weight excluding hydrogens is 268 g/mol. The molecule has 0 aliphatic rings. The van der Waals surface area contributed by atoms with Gasteiger partial charge >= 0.3 is 0 Å². The van der Waals surface area contributed by atoms with Crippen LogP contribution in [0.4, 0.5) is 14.5 Å². The third kappa shape index (κ3) is 3.24. The number of halogens is 3. The molecule has 4 heteroatoms. The molecule has 2 aromatic rings. The lowest BCUT2D eigenvalue weighted by molar-refractivity contribution is 0.581. The van der Waals surface area contributed by atoms with Gasteiger partial charge in [-0.05, 0) is 36.2 Å². The van der Waals surface area contributed by atoms with Gasteiger partial charge in [0.2, 0.25) is 0 Å². The molecule has 1 unspecified atom stereocenters. The Morgan fingerprint density at radius 1 is 1.11 bits per heavy atom. The van der Waals surface area contributed by atoms with E-state index in [9.17, 15) is 8.78 Å². The summed E-state index contributed by atoms with van der Waals surface area (Å²) < 4.78 is 27.2. The molecule has 0 saturated carbocycles. The topological polar surface area (TPSA) is 12.0 Å². The number of hydrogen-bond acceptors (Lipinski definition) is 1. The van der Waals surface area contributed by atoms with Gasteiger partial charge in [-0.25, -0.2) is 8.78 Å². The summed E-state index contributed by atoms with van der Waals surface area (Å²) in [5.41, 5.74) is 0.798. The minimum atomic E-state index is -0.597. The average Bonchev–Trinajstić information content (AvgIpc) is 2.38. The van der Waals surface area contributed by atoms with Crippen LogP contribution in [0.25, 0.3) is 0 Å². The molecule has 0 aromatic heterocycles. The molecule has 0 aliphatic carbocycles. The molecule has 0 heterocycles. The first-order chi connectivity index (χ1) is 9.11. The summed E-state index contributed by atoms with van der Waals surface area (Å²) in [5, 5.41) is 3.50. The molecule has 1 N–H and O–H groups in total. The van der Waals surface area contributed by atoms with Crippen LogP contribution in [0, 0.1) is 11.6 Å². The molecule has 2 aromatic carbocycles. The van der Waals surface area contributed by atoms with Gasteiger partial charge in [0.15, 0.2) is 0 Å². The zero-order valence-corrected chi connectivity index (χ0v) is 11.2.